The molecular formula is C27H40N2O8S2. The van der Waals surface area contributed by atoms with Gasteiger partial charge in [0.05, 0.1) is 37.0 Å². The molecule has 0 aliphatic heterocycles. The summed E-state index contributed by atoms with van der Waals surface area (Å²) >= 11 is 0. The van der Waals surface area contributed by atoms with Crippen molar-refractivity contribution in [3.63, 3.8) is 0 Å². The first-order chi connectivity index (χ1) is 18.2. The van der Waals surface area contributed by atoms with E-state index in [1.807, 2.05) is 44.2 Å². The van der Waals surface area contributed by atoms with Crippen LogP contribution >= 0.6 is 0 Å². The van der Waals surface area contributed by atoms with Crippen LogP contribution in [0.3, 0.4) is 0 Å². The maximum Gasteiger partial charge on any atom is 0.243 e. The van der Waals surface area contributed by atoms with Crippen molar-refractivity contribution < 1.29 is 36.2 Å². The predicted molar refractivity (Wildman–Crippen MR) is 150 cm³/mol. The molecule has 39 heavy (non-hydrogen) atoms. The molecule has 0 radical (unpaired) electrons. The smallest absolute Gasteiger partial charge is 0.243 e. The number of hydrogen-bond acceptors (Lipinski definition) is 8. The number of carbonyl (C=O) groups is 1. The van der Waals surface area contributed by atoms with Gasteiger partial charge in [-0.3, -0.25) is 4.79 Å². The minimum Gasteiger partial charge on any atom is -0.493 e. The van der Waals surface area contributed by atoms with Gasteiger partial charge in [0.1, 0.15) is 9.84 Å². The zero-order chi connectivity index (χ0) is 29.4. The molecule has 12 heteroatoms. The van der Waals surface area contributed by atoms with Crippen LogP contribution < -0.4 is 14.8 Å². The number of sulfone groups is 1. The number of rotatable bonds is 15. The fourth-order valence-electron chi connectivity index (χ4n) is 4.15. The topological polar surface area (TPSA) is 139 Å². The van der Waals surface area contributed by atoms with Gasteiger partial charge in [-0.1, -0.05) is 51.1 Å². The molecule has 0 aliphatic rings. The summed E-state index contributed by atoms with van der Waals surface area (Å²) in [4.78, 5) is 12.9. The number of methoxy groups -OCH3 is 2. The number of nitrogens with zero attached hydrogens (tertiary/aromatic N) is 1. The van der Waals surface area contributed by atoms with Gasteiger partial charge >= 0.3 is 0 Å². The van der Waals surface area contributed by atoms with Crippen LogP contribution in [0.4, 0.5) is 0 Å². The molecule has 0 spiro atoms. The normalized spacial score (nSPS) is 14.6. The van der Waals surface area contributed by atoms with Crippen molar-refractivity contribution in [2.45, 2.75) is 44.2 Å². The monoisotopic (exact) mass is 584 g/mol. The summed E-state index contributed by atoms with van der Waals surface area (Å²) in [5.74, 6) is -1.19. The molecule has 2 aromatic rings. The van der Waals surface area contributed by atoms with Gasteiger partial charge in [-0.25, -0.2) is 16.8 Å². The number of carbonyl (C=O) groups excluding carboxylic acids is 1. The maximum atomic E-state index is 13.7. The highest BCUT2D eigenvalue weighted by Crippen LogP contribution is 2.31. The number of ether oxygens (including phenoxy) is 2. The van der Waals surface area contributed by atoms with Crippen molar-refractivity contribution in [2.75, 3.05) is 39.3 Å². The third-order valence-corrected chi connectivity index (χ3v) is 8.98. The van der Waals surface area contributed by atoms with Crippen molar-refractivity contribution in [3.8, 4) is 11.5 Å². The van der Waals surface area contributed by atoms with Gasteiger partial charge in [0.15, 0.2) is 11.5 Å². The second-order valence-corrected chi connectivity index (χ2v) is 14.2. The lowest BCUT2D eigenvalue weighted by Gasteiger charge is -2.31. The SMILES string of the molecule is COc1ccc(S(=O)(=O)N(CC(C)C)C[C@@H](O)C(Cc2ccccc2)NC(=O)[C@H](C)CS(C)(=O)=O)cc1OC. The van der Waals surface area contributed by atoms with Gasteiger partial charge in [-0.05, 0) is 30.0 Å². The van der Waals surface area contributed by atoms with E-state index in [9.17, 15) is 26.7 Å². The van der Waals surface area contributed by atoms with Crippen molar-refractivity contribution in [1.82, 2.24) is 9.62 Å². The van der Waals surface area contributed by atoms with Gasteiger partial charge in [0.2, 0.25) is 15.9 Å². The Morgan fingerprint density at radius 2 is 1.56 bits per heavy atom. The highest BCUT2D eigenvalue weighted by atomic mass is 32.2. The largest absolute Gasteiger partial charge is 0.493 e. The quantitative estimate of drug-likeness (QED) is 0.325. The summed E-state index contributed by atoms with van der Waals surface area (Å²) in [7, 11) is -4.63. The van der Waals surface area contributed by atoms with Crippen LogP contribution in [0.2, 0.25) is 0 Å². The van der Waals surface area contributed by atoms with E-state index in [-0.39, 0.29) is 41.8 Å². The summed E-state index contributed by atoms with van der Waals surface area (Å²) in [6.45, 7) is 5.03. The predicted octanol–water partition coefficient (Wildman–Crippen LogP) is 2.12. The third kappa shape index (κ3) is 9.79. The molecule has 2 N–H and O–H groups in total. The molecule has 0 saturated carbocycles. The van der Waals surface area contributed by atoms with E-state index >= 15 is 0 Å². The minimum atomic E-state index is -4.08. The van der Waals surface area contributed by atoms with Gasteiger partial charge in [-0.15, -0.1) is 0 Å². The van der Waals surface area contributed by atoms with Crippen LogP contribution in [-0.2, 0) is 31.1 Å². The van der Waals surface area contributed by atoms with E-state index < -0.39 is 43.8 Å². The van der Waals surface area contributed by atoms with Gasteiger partial charge < -0.3 is 19.9 Å². The van der Waals surface area contributed by atoms with Crippen LogP contribution in [-0.4, -0.2) is 83.6 Å². The Hall–Kier alpha value is -2.67. The summed E-state index contributed by atoms with van der Waals surface area (Å²) in [6, 6.07) is 12.5. The zero-order valence-corrected chi connectivity index (χ0v) is 25.0. The molecule has 0 bridgehead atoms. The average molecular weight is 585 g/mol. The Morgan fingerprint density at radius 1 is 0.949 bits per heavy atom. The molecule has 2 aromatic carbocycles. The fourth-order valence-corrected chi connectivity index (χ4v) is 6.84. The fraction of sp³-hybridized carbons (Fsp3) is 0.519. The second kappa shape index (κ2) is 14.1. The Balaban J connectivity index is 2.39. The van der Waals surface area contributed by atoms with Crippen LogP contribution in [0, 0.1) is 11.8 Å². The molecule has 0 saturated heterocycles. The van der Waals surface area contributed by atoms with Crippen molar-refractivity contribution in [3.05, 3.63) is 54.1 Å². The summed E-state index contributed by atoms with van der Waals surface area (Å²) in [5.41, 5.74) is 0.816. The van der Waals surface area contributed by atoms with Gasteiger partial charge in [0, 0.05) is 31.3 Å². The summed E-state index contributed by atoms with van der Waals surface area (Å²) < 4.78 is 62.5. The molecule has 1 amide bonds. The first-order valence-corrected chi connectivity index (χ1v) is 16.1. The Morgan fingerprint density at radius 3 is 2.10 bits per heavy atom. The number of sulfonamides is 1. The average Bonchev–Trinajstić information content (AvgIpc) is 2.86. The van der Waals surface area contributed by atoms with Crippen LogP contribution in [0.5, 0.6) is 11.5 Å². The van der Waals surface area contributed by atoms with Gasteiger partial charge in [0.25, 0.3) is 0 Å². The maximum absolute atomic E-state index is 13.7. The molecule has 0 aromatic heterocycles. The lowest BCUT2D eigenvalue weighted by Crippen LogP contribution is -2.52. The Bertz CT molecular complexity index is 1300. The molecule has 10 nitrogen and oxygen atoms in total. The summed E-state index contributed by atoms with van der Waals surface area (Å²) in [5, 5.41) is 14.1. The molecule has 0 aliphatic carbocycles. The lowest BCUT2D eigenvalue weighted by atomic mass is 10.00. The van der Waals surface area contributed by atoms with Crippen molar-refractivity contribution >= 4 is 25.8 Å². The lowest BCUT2D eigenvalue weighted by molar-refractivity contribution is -0.125. The second-order valence-electron chi connectivity index (χ2n) is 10.1. The van der Waals surface area contributed by atoms with E-state index in [1.165, 1.54) is 43.6 Å². The van der Waals surface area contributed by atoms with E-state index in [0.29, 0.717) is 5.75 Å². The number of aliphatic hydroxyl groups is 1. The number of benzene rings is 2. The summed E-state index contributed by atoms with van der Waals surface area (Å²) in [6.07, 6.45) is -0.0329. The molecule has 218 valence electrons. The van der Waals surface area contributed by atoms with Crippen LogP contribution in [0.1, 0.15) is 26.3 Å². The van der Waals surface area contributed by atoms with Crippen molar-refractivity contribution in [2.24, 2.45) is 11.8 Å². The van der Waals surface area contributed by atoms with Gasteiger partial charge in [-0.2, -0.15) is 4.31 Å². The standard InChI is InChI=1S/C27H40N2O8S2/c1-19(2)16-29(39(34,35)22-12-13-25(36-4)26(15-22)37-5)17-24(30)23(14-21-10-8-7-9-11-21)28-27(31)20(3)18-38(6,32)33/h7-13,15,19-20,23-24,30H,14,16-18H2,1-6H3,(H,28,31)/t20-,23?,24-/m1/s1. The van der Waals surface area contributed by atoms with Crippen molar-refractivity contribution in [1.29, 1.82) is 0 Å². The molecule has 0 heterocycles. The molecular weight excluding hydrogens is 544 g/mol. The number of amides is 1. The van der Waals surface area contributed by atoms with E-state index in [4.69, 9.17) is 9.47 Å². The molecule has 1 unspecified atom stereocenters. The number of aliphatic hydroxyl groups excluding tert-OH is 1. The number of nitrogens with one attached hydrogen (secondary N) is 1. The van der Waals surface area contributed by atoms with E-state index in [1.54, 1.807) is 0 Å². The first kappa shape index (κ1) is 32.5. The molecule has 2 rings (SSSR count). The van der Waals surface area contributed by atoms with E-state index in [2.05, 4.69) is 5.32 Å². The Kier molecular flexibility index (Phi) is 11.8. The third-order valence-electron chi connectivity index (χ3n) is 6.04. The number of hydrogen-bond donors (Lipinski definition) is 2. The highest BCUT2D eigenvalue weighted by Gasteiger charge is 2.32. The zero-order valence-electron chi connectivity index (χ0n) is 23.3. The Labute approximate surface area is 232 Å². The van der Waals surface area contributed by atoms with Crippen LogP contribution in [0.25, 0.3) is 0 Å². The van der Waals surface area contributed by atoms with Crippen LogP contribution in [0.15, 0.2) is 53.4 Å². The minimum absolute atomic E-state index is 0.0292. The first-order valence-electron chi connectivity index (χ1n) is 12.6. The molecule has 3 atom stereocenters. The van der Waals surface area contributed by atoms with E-state index in [0.717, 1.165) is 11.8 Å². The molecule has 0 fully saturated rings. The highest BCUT2D eigenvalue weighted by molar-refractivity contribution is 7.90.